The van der Waals surface area contributed by atoms with E-state index in [1.165, 1.54) is 11.3 Å². The number of esters is 1. The van der Waals surface area contributed by atoms with Gasteiger partial charge in [0.25, 0.3) is 0 Å². The zero-order chi connectivity index (χ0) is 14.9. The van der Waals surface area contributed by atoms with E-state index in [2.05, 4.69) is 4.98 Å². The number of anilines is 1. The number of aromatic nitrogens is 1. The molecule has 0 atom stereocenters. The van der Waals surface area contributed by atoms with Crippen molar-refractivity contribution in [2.45, 2.75) is 20.5 Å². The zero-order valence-corrected chi connectivity index (χ0v) is 11.7. The van der Waals surface area contributed by atoms with Gasteiger partial charge in [0, 0.05) is 10.9 Å². The fourth-order valence-electron chi connectivity index (χ4n) is 1.52. The molecule has 106 valence electrons. The number of hydrogen-bond acceptors (Lipinski definition) is 5. The van der Waals surface area contributed by atoms with E-state index in [0.717, 1.165) is 22.7 Å². The van der Waals surface area contributed by atoms with Crippen LogP contribution in [-0.4, -0.2) is 11.0 Å². The third kappa shape index (κ3) is 2.93. The second-order valence-corrected chi connectivity index (χ2v) is 5.47. The SMILES string of the molecule is Cc1nc(COC(=O)c2cc(F)c(N)cc2F)sc1C. The van der Waals surface area contributed by atoms with E-state index in [-0.39, 0.29) is 12.3 Å². The Hall–Kier alpha value is -2.02. The quantitative estimate of drug-likeness (QED) is 0.699. The van der Waals surface area contributed by atoms with Crippen molar-refractivity contribution in [2.24, 2.45) is 0 Å². The molecule has 4 nitrogen and oxygen atoms in total. The van der Waals surface area contributed by atoms with Gasteiger partial charge in [-0.15, -0.1) is 11.3 Å². The van der Waals surface area contributed by atoms with Crippen molar-refractivity contribution in [3.63, 3.8) is 0 Å². The van der Waals surface area contributed by atoms with Crippen LogP contribution < -0.4 is 5.73 Å². The molecule has 0 saturated carbocycles. The van der Waals surface area contributed by atoms with E-state index in [1.807, 2.05) is 13.8 Å². The number of nitrogen functional groups attached to an aromatic ring is 1. The van der Waals surface area contributed by atoms with Crippen LogP contribution in [0.1, 0.15) is 25.9 Å². The fourth-order valence-corrected chi connectivity index (χ4v) is 2.37. The lowest BCUT2D eigenvalue weighted by atomic mass is 10.2. The maximum atomic E-state index is 13.5. The number of carbonyl (C=O) groups is 1. The predicted octanol–water partition coefficient (Wildman–Crippen LogP) is 2.98. The molecule has 2 aromatic rings. The largest absolute Gasteiger partial charge is 0.455 e. The Morgan fingerprint density at radius 2 is 2.05 bits per heavy atom. The molecule has 0 unspecified atom stereocenters. The maximum Gasteiger partial charge on any atom is 0.341 e. The van der Waals surface area contributed by atoms with Crippen molar-refractivity contribution in [3.8, 4) is 0 Å². The number of aryl methyl sites for hydroxylation is 2. The molecular weight excluding hydrogens is 286 g/mol. The fraction of sp³-hybridized carbons (Fsp3) is 0.231. The van der Waals surface area contributed by atoms with Crippen molar-refractivity contribution in [3.05, 3.63) is 44.9 Å². The number of rotatable bonds is 3. The van der Waals surface area contributed by atoms with Gasteiger partial charge < -0.3 is 10.5 Å². The molecule has 2 rings (SSSR count). The molecule has 7 heteroatoms. The minimum atomic E-state index is -0.952. The van der Waals surface area contributed by atoms with Gasteiger partial charge in [-0.1, -0.05) is 0 Å². The van der Waals surface area contributed by atoms with Gasteiger partial charge in [-0.25, -0.2) is 18.6 Å². The summed E-state index contributed by atoms with van der Waals surface area (Å²) in [7, 11) is 0. The van der Waals surface area contributed by atoms with Crippen LogP contribution in [0, 0.1) is 25.5 Å². The molecule has 0 fully saturated rings. The number of nitrogens with zero attached hydrogens (tertiary/aromatic N) is 1. The van der Waals surface area contributed by atoms with Gasteiger partial charge in [-0.2, -0.15) is 0 Å². The van der Waals surface area contributed by atoms with Gasteiger partial charge in [-0.05, 0) is 19.9 Å². The summed E-state index contributed by atoms with van der Waals surface area (Å²) >= 11 is 1.39. The standard InChI is InChI=1S/C13H12F2N2O2S/c1-6-7(2)20-12(17-6)5-19-13(18)8-3-10(15)11(16)4-9(8)14/h3-4H,5,16H2,1-2H3. The number of thiazole rings is 1. The summed E-state index contributed by atoms with van der Waals surface area (Å²) in [4.78, 5) is 16.9. The normalized spacial score (nSPS) is 10.6. The number of halogens is 2. The van der Waals surface area contributed by atoms with Crippen molar-refractivity contribution >= 4 is 23.0 Å². The summed E-state index contributed by atoms with van der Waals surface area (Å²) < 4.78 is 31.7. The molecule has 0 amide bonds. The molecule has 0 saturated heterocycles. The molecule has 2 N–H and O–H groups in total. The summed E-state index contributed by atoms with van der Waals surface area (Å²) in [6, 6.07) is 1.48. The molecular formula is C13H12F2N2O2S. The number of nitrogens with two attached hydrogens (primary N) is 1. The monoisotopic (exact) mass is 298 g/mol. The van der Waals surface area contributed by atoms with E-state index >= 15 is 0 Å². The molecule has 0 spiro atoms. The Kier molecular flexibility index (Phi) is 3.99. The highest BCUT2D eigenvalue weighted by molar-refractivity contribution is 7.11. The van der Waals surface area contributed by atoms with Crippen LogP contribution in [0.5, 0.6) is 0 Å². The van der Waals surface area contributed by atoms with Gasteiger partial charge in [0.1, 0.15) is 23.2 Å². The molecule has 0 aliphatic heterocycles. The zero-order valence-electron chi connectivity index (χ0n) is 10.9. The molecule has 1 aromatic heterocycles. The lowest BCUT2D eigenvalue weighted by Crippen LogP contribution is -2.09. The molecule has 20 heavy (non-hydrogen) atoms. The summed E-state index contributed by atoms with van der Waals surface area (Å²) in [5.74, 6) is -2.73. The van der Waals surface area contributed by atoms with Crippen molar-refractivity contribution in [1.82, 2.24) is 4.98 Å². The molecule has 0 bridgehead atoms. The van der Waals surface area contributed by atoms with Gasteiger partial charge in [0.15, 0.2) is 0 Å². The molecule has 1 aromatic carbocycles. The highest BCUT2D eigenvalue weighted by atomic mass is 32.1. The average Bonchev–Trinajstić information content (AvgIpc) is 2.70. The Balaban J connectivity index is 2.11. The summed E-state index contributed by atoms with van der Waals surface area (Å²) in [6.07, 6.45) is 0. The second kappa shape index (κ2) is 5.54. The predicted molar refractivity (Wildman–Crippen MR) is 71.5 cm³/mol. The second-order valence-electron chi connectivity index (χ2n) is 4.18. The van der Waals surface area contributed by atoms with Crippen LogP contribution in [0.3, 0.4) is 0 Å². The highest BCUT2D eigenvalue weighted by Crippen LogP contribution is 2.20. The first-order valence-electron chi connectivity index (χ1n) is 5.73. The molecule has 1 heterocycles. The van der Waals surface area contributed by atoms with E-state index in [4.69, 9.17) is 10.5 Å². The lowest BCUT2D eigenvalue weighted by Gasteiger charge is -2.05. The van der Waals surface area contributed by atoms with E-state index < -0.39 is 23.2 Å². The van der Waals surface area contributed by atoms with Gasteiger partial charge in [-0.3, -0.25) is 0 Å². The Morgan fingerprint density at radius 3 is 2.65 bits per heavy atom. The highest BCUT2D eigenvalue weighted by Gasteiger charge is 2.17. The summed E-state index contributed by atoms with van der Waals surface area (Å²) in [5.41, 5.74) is 5.21. The third-order valence-electron chi connectivity index (χ3n) is 2.71. The minimum absolute atomic E-state index is 0.0797. The van der Waals surface area contributed by atoms with E-state index in [1.54, 1.807) is 0 Å². The van der Waals surface area contributed by atoms with E-state index in [9.17, 15) is 13.6 Å². The van der Waals surface area contributed by atoms with Crippen molar-refractivity contribution < 1.29 is 18.3 Å². The number of hydrogen-bond donors (Lipinski definition) is 1. The van der Waals surface area contributed by atoms with Crippen molar-refractivity contribution in [1.29, 1.82) is 0 Å². The lowest BCUT2D eigenvalue weighted by molar-refractivity contribution is 0.0466. The number of carbonyl (C=O) groups excluding carboxylic acids is 1. The molecule has 0 aliphatic carbocycles. The Morgan fingerprint density at radius 1 is 1.35 bits per heavy atom. The van der Waals surface area contributed by atoms with Gasteiger partial charge >= 0.3 is 5.97 Å². The van der Waals surface area contributed by atoms with Crippen LogP contribution in [-0.2, 0) is 11.3 Å². The molecule has 0 radical (unpaired) electrons. The first kappa shape index (κ1) is 14.4. The Labute approximate surface area is 118 Å². The first-order chi connectivity index (χ1) is 9.38. The van der Waals surface area contributed by atoms with Crippen LogP contribution in [0.2, 0.25) is 0 Å². The average molecular weight is 298 g/mol. The van der Waals surface area contributed by atoms with Crippen LogP contribution in [0.15, 0.2) is 12.1 Å². The maximum absolute atomic E-state index is 13.5. The topological polar surface area (TPSA) is 65.2 Å². The first-order valence-corrected chi connectivity index (χ1v) is 6.54. The number of benzene rings is 1. The summed E-state index contributed by atoms with van der Waals surface area (Å²) in [6.45, 7) is 3.66. The third-order valence-corrected chi connectivity index (χ3v) is 3.75. The Bertz CT molecular complexity index is 651. The van der Waals surface area contributed by atoms with Gasteiger partial charge in [0.2, 0.25) is 0 Å². The summed E-state index contributed by atoms with van der Waals surface area (Å²) in [5, 5.41) is 0.602. The van der Waals surface area contributed by atoms with E-state index in [0.29, 0.717) is 5.01 Å². The van der Waals surface area contributed by atoms with Crippen molar-refractivity contribution in [2.75, 3.05) is 5.73 Å². The van der Waals surface area contributed by atoms with Gasteiger partial charge in [0.05, 0.1) is 16.9 Å². The molecule has 0 aliphatic rings. The van der Waals surface area contributed by atoms with Crippen LogP contribution in [0.4, 0.5) is 14.5 Å². The number of ether oxygens (including phenoxy) is 1. The van der Waals surface area contributed by atoms with Crippen LogP contribution >= 0.6 is 11.3 Å². The van der Waals surface area contributed by atoms with Crippen LogP contribution in [0.25, 0.3) is 0 Å². The minimum Gasteiger partial charge on any atom is -0.455 e. The smallest absolute Gasteiger partial charge is 0.341 e.